The Bertz CT molecular complexity index is 919. The SMILES string of the molecule is COc1cc(CN(C)C(=O)C2CCN(C(=O)Nc3ccccc3)CC2)ccc1OC(F)F. The standard InChI is InChI=1S/C23H27F2N3O4/c1-27(15-16-8-9-19(32-22(24)25)20(14-16)31-2)21(29)17-10-12-28(13-11-17)23(30)26-18-6-4-3-5-7-18/h3-9,14,17,22H,10-13,15H2,1-2H3,(H,26,30). The molecule has 0 aliphatic carbocycles. The molecule has 3 rings (SSSR count). The molecule has 0 saturated carbocycles. The Balaban J connectivity index is 1.52. The van der Waals surface area contributed by atoms with E-state index in [0.717, 1.165) is 11.3 Å². The van der Waals surface area contributed by atoms with Gasteiger partial charge in [0.2, 0.25) is 5.91 Å². The summed E-state index contributed by atoms with van der Waals surface area (Å²) in [5.41, 5.74) is 1.47. The van der Waals surface area contributed by atoms with Crippen molar-refractivity contribution in [2.45, 2.75) is 26.0 Å². The second kappa shape index (κ2) is 10.8. The molecule has 172 valence electrons. The number of urea groups is 1. The minimum absolute atomic E-state index is 0.0139. The predicted octanol–water partition coefficient (Wildman–Crippen LogP) is 4.20. The van der Waals surface area contributed by atoms with Gasteiger partial charge in [-0.05, 0) is 42.7 Å². The molecular weight excluding hydrogens is 420 g/mol. The van der Waals surface area contributed by atoms with Gasteiger partial charge >= 0.3 is 12.6 Å². The molecule has 1 N–H and O–H groups in total. The highest BCUT2D eigenvalue weighted by Crippen LogP contribution is 2.30. The van der Waals surface area contributed by atoms with E-state index in [1.807, 2.05) is 30.3 Å². The molecule has 0 aromatic heterocycles. The monoisotopic (exact) mass is 447 g/mol. The van der Waals surface area contributed by atoms with Crippen LogP contribution in [-0.4, -0.2) is 55.6 Å². The van der Waals surface area contributed by atoms with Gasteiger partial charge in [0.25, 0.3) is 0 Å². The number of hydrogen-bond donors (Lipinski definition) is 1. The van der Waals surface area contributed by atoms with Crippen LogP contribution < -0.4 is 14.8 Å². The largest absolute Gasteiger partial charge is 0.493 e. The fraction of sp³-hybridized carbons (Fsp3) is 0.391. The molecule has 1 fully saturated rings. The number of benzene rings is 2. The van der Waals surface area contributed by atoms with E-state index in [9.17, 15) is 18.4 Å². The Hall–Kier alpha value is -3.36. The van der Waals surface area contributed by atoms with Crippen LogP contribution in [0.2, 0.25) is 0 Å². The lowest BCUT2D eigenvalue weighted by molar-refractivity contribution is -0.136. The minimum atomic E-state index is -2.94. The number of carbonyl (C=O) groups is 2. The van der Waals surface area contributed by atoms with E-state index in [2.05, 4.69) is 10.1 Å². The molecule has 0 atom stereocenters. The number of piperidine rings is 1. The second-order valence-electron chi connectivity index (χ2n) is 7.62. The number of methoxy groups -OCH3 is 1. The van der Waals surface area contributed by atoms with Crippen molar-refractivity contribution in [3.8, 4) is 11.5 Å². The number of nitrogens with one attached hydrogen (secondary N) is 1. The first-order valence-electron chi connectivity index (χ1n) is 10.3. The molecule has 1 heterocycles. The summed E-state index contributed by atoms with van der Waals surface area (Å²) >= 11 is 0. The van der Waals surface area contributed by atoms with Gasteiger partial charge < -0.3 is 24.6 Å². The Labute approximate surface area is 185 Å². The number of rotatable bonds is 7. The third-order valence-corrected chi connectivity index (χ3v) is 5.40. The molecule has 0 bridgehead atoms. The predicted molar refractivity (Wildman–Crippen MR) is 116 cm³/mol. The fourth-order valence-corrected chi connectivity index (χ4v) is 3.72. The lowest BCUT2D eigenvalue weighted by Gasteiger charge is -2.33. The average molecular weight is 447 g/mol. The summed E-state index contributed by atoms with van der Waals surface area (Å²) < 4.78 is 34.5. The highest BCUT2D eigenvalue weighted by Gasteiger charge is 2.29. The molecule has 1 aliphatic rings. The summed E-state index contributed by atoms with van der Waals surface area (Å²) in [6, 6.07) is 13.7. The van der Waals surface area contributed by atoms with Crippen LogP contribution in [0.4, 0.5) is 19.3 Å². The normalized spacial score (nSPS) is 14.2. The van der Waals surface area contributed by atoms with Crippen molar-refractivity contribution in [3.63, 3.8) is 0 Å². The van der Waals surface area contributed by atoms with Crippen LogP contribution in [0.5, 0.6) is 11.5 Å². The van der Waals surface area contributed by atoms with Gasteiger partial charge in [0.05, 0.1) is 7.11 Å². The number of likely N-dealkylation sites (tertiary alicyclic amines) is 1. The highest BCUT2D eigenvalue weighted by atomic mass is 19.3. The topological polar surface area (TPSA) is 71.1 Å². The first-order chi connectivity index (χ1) is 15.4. The van der Waals surface area contributed by atoms with Gasteiger partial charge in [-0.1, -0.05) is 24.3 Å². The molecular formula is C23H27F2N3O4. The zero-order chi connectivity index (χ0) is 23.1. The van der Waals surface area contributed by atoms with E-state index in [1.165, 1.54) is 13.2 Å². The zero-order valence-electron chi connectivity index (χ0n) is 18.1. The van der Waals surface area contributed by atoms with Crippen molar-refractivity contribution in [3.05, 3.63) is 54.1 Å². The molecule has 1 aliphatic heterocycles. The van der Waals surface area contributed by atoms with Gasteiger partial charge in [0.1, 0.15) is 0 Å². The molecule has 1 saturated heterocycles. The Kier molecular flexibility index (Phi) is 7.86. The summed E-state index contributed by atoms with van der Waals surface area (Å²) in [4.78, 5) is 28.6. The van der Waals surface area contributed by atoms with Crippen LogP contribution in [0.25, 0.3) is 0 Å². The van der Waals surface area contributed by atoms with Gasteiger partial charge in [-0.25, -0.2) is 4.79 Å². The lowest BCUT2D eigenvalue weighted by atomic mass is 9.95. The number of carbonyl (C=O) groups excluding carboxylic acids is 2. The number of anilines is 1. The molecule has 3 amide bonds. The first kappa shape index (κ1) is 23.3. The smallest absolute Gasteiger partial charge is 0.387 e. The van der Waals surface area contributed by atoms with Crippen LogP contribution in [0, 0.1) is 5.92 Å². The van der Waals surface area contributed by atoms with Crippen molar-refractivity contribution in [2.24, 2.45) is 5.92 Å². The summed E-state index contributed by atoms with van der Waals surface area (Å²) in [5.74, 6) is -0.0631. The third kappa shape index (κ3) is 6.09. The molecule has 2 aromatic carbocycles. The molecule has 0 spiro atoms. The van der Waals surface area contributed by atoms with Crippen LogP contribution in [0.1, 0.15) is 18.4 Å². The van der Waals surface area contributed by atoms with Crippen LogP contribution in [0.15, 0.2) is 48.5 Å². The summed E-state index contributed by atoms with van der Waals surface area (Å²) in [6.07, 6.45) is 1.16. The molecule has 0 radical (unpaired) electrons. The van der Waals surface area contributed by atoms with Gasteiger partial charge in [-0.15, -0.1) is 0 Å². The first-order valence-corrected chi connectivity index (χ1v) is 10.3. The number of halogens is 2. The van der Waals surface area contributed by atoms with Crippen molar-refractivity contribution >= 4 is 17.6 Å². The van der Waals surface area contributed by atoms with Crippen molar-refractivity contribution in [2.75, 3.05) is 32.6 Å². The van der Waals surface area contributed by atoms with E-state index in [-0.39, 0.29) is 29.4 Å². The minimum Gasteiger partial charge on any atom is -0.493 e. The molecule has 0 unspecified atom stereocenters. The fourth-order valence-electron chi connectivity index (χ4n) is 3.72. The van der Waals surface area contributed by atoms with Gasteiger partial charge in [-0.2, -0.15) is 8.78 Å². The van der Waals surface area contributed by atoms with Crippen molar-refractivity contribution < 1.29 is 27.8 Å². The Morgan fingerprint density at radius 3 is 2.44 bits per heavy atom. The van der Waals surface area contributed by atoms with E-state index in [0.29, 0.717) is 32.5 Å². The van der Waals surface area contributed by atoms with Crippen LogP contribution in [-0.2, 0) is 11.3 Å². The Morgan fingerprint density at radius 2 is 1.81 bits per heavy atom. The maximum Gasteiger partial charge on any atom is 0.387 e. The Morgan fingerprint density at radius 1 is 1.12 bits per heavy atom. The van der Waals surface area contributed by atoms with Gasteiger partial charge in [0, 0.05) is 38.3 Å². The average Bonchev–Trinajstić information content (AvgIpc) is 2.80. The van der Waals surface area contributed by atoms with Crippen LogP contribution >= 0.6 is 0 Å². The third-order valence-electron chi connectivity index (χ3n) is 5.40. The number of para-hydroxylation sites is 1. The number of nitrogens with zero attached hydrogens (tertiary/aromatic N) is 2. The van der Waals surface area contributed by atoms with E-state index < -0.39 is 6.61 Å². The number of alkyl halides is 2. The van der Waals surface area contributed by atoms with Crippen molar-refractivity contribution in [1.29, 1.82) is 0 Å². The number of amides is 3. The van der Waals surface area contributed by atoms with Gasteiger partial charge in [0.15, 0.2) is 11.5 Å². The summed E-state index contributed by atoms with van der Waals surface area (Å²) in [7, 11) is 3.07. The lowest BCUT2D eigenvalue weighted by Crippen LogP contribution is -2.44. The maximum atomic E-state index is 12.9. The van der Waals surface area contributed by atoms with Crippen molar-refractivity contribution in [1.82, 2.24) is 9.80 Å². The zero-order valence-corrected chi connectivity index (χ0v) is 18.1. The molecule has 7 nitrogen and oxygen atoms in total. The number of hydrogen-bond acceptors (Lipinski definition) is 4. The molecule has 2 aromatic rings. The quantitative estimate of drug-likeness (QED) is 0.691. The van der Waals surface area contributed by atoms with Crippen LogP contribution in [0.3, 0.4) is 0 Å². The van der Waals surface area contributed by atoms with Gasteiger partial charge in [-0.3, -0.25) is 4.79 Å². The van der Waals surface area contributed by atoms with E-state index in [4.69, 9.17) is 4.74 Å². The summed E-state index contributed by atoms with van der Waals surface area (Å²) in [5, 5.41) is 2.86. The molecule has 9 heteroatoms. The summed E-state index contributed by atoms with van der Waals surface area (Å²) in [6.45, 7) is -1.65. The highest BCUT2D eigenvalue weighted by molar-refractivity contribution is 5.89. The number of ether oxygens (including phenoxy) is 2. The molecule has 32 heavy (non-hydrogen) atoms. The van der Waals surface area contributed by atoms with E-state index in [1.54, 1.807) is 29.0 Å². The van der Waals surface area contributed by atoms with E-state index >= 15 is 0 Å². The second-order valence-corrected chi connectivity index (χ2v) is 7.62. The maximum absolute atomic E-state index is 12.9.